The summed E-state index contributed by atoms with van der Waals surface area (Å²) in [5, 5.41) is 24.1. The monoisotopic (exact) mass is 514 g/mol. The fourth-order valence-corrected chi connectivity index (χ4v) is 3.26. The lowest BCUT2D eigenvalue weighted by Gasteiger charge is -2.39. The quantitative estimate of drug-likeness (QED) is 0.321. The highest BCUT2D eigenvalue weighted by Gasteiger charge is 2.44. The predicted molar refractivity (Wildman–Crippen MR) is 120 cm³/mol. The summed E-state index contributed by atoms with van der Waals surface area (Å²) in [4.78, 5) is 0. The molecule has 0 saturated carbocycles. The van der Waals surface area contributed by atoms with Gasteiger partial charge in [-0.3, -0.25) is 0 Å². The van der Waals surface area contributed by atoms with Crippen LogP contribution >= 0.6 is 31.9 Å². The van der Waals surface area contributed by atoms with Crippen molar-refractivity contribution in [3.05, 3.63) is 59.7 Å². The number of benzene rings is 2. The Bertz CT molecular complexity index is 649. The van der Waals surface area contributed by atoms with E-state index in [2.05, 4.69) is 31.9 Å². The average molecular weight is 516 g/mol. The Balaban J connectivity index is 2.13. The van der Waals surface area contributed by atoms with Crippen molar-refractivity contribution in [2.24, 2.45) is 0 Å². The molecule has 0 spiro atoms. The Morgan fingerprint density at radius 1 is 0.679 bits per heavy atom. The van der Waals surface area contributed by atoms with Crippen LogP contribution in [0.1, 0.15) is 37.8 Å². The van der Waals surface area contributed by atoms with Crippen LogP contribution in [0.4, 0.5) is 0 Å². The van der Waals surface area contributed by atoms with Crippen LogP contribution in [0.15, 0.2) is 48.5 Å². The van der Waals surface area contributed by atoms with Crippen molar-refractivity contribution in [2.45, 2.75) is 37.9 Å². The molecule has 0 amide bonds. The maximum absolute atomic E-state index is 11.2. The van der Waals surface area contributed by atoms with E-state index in [0.29, 0.717) is 24.3 Å². The molecular weight excluding hydrogens is 488 g/mol. The van der Waals surface area contributed by atoms with Gasteiger partial charge >= 0.3 is 0 Å². The highest BCUT2D eigenvalue weighted by Crippen LogP contribution is 2.41. The summed E-state index contributed by atoms with van der Waals surface area (Å²) in [5.74, 6) is 1.48. The van der Waals surface area contributed by atoms with E-state index < -0.39 is 11.2 Å². The van der Waals surface area contributed by atoms with E-state index in [1.54, 1.807) is 38.1 Å². The van der Waals surface area contributed by atoms with Gasteiger partial charge in [0, 0.05) is 10.7 Å². The van der Waals surface area contributed by atoms with Gasteiger partial charge < -0.3 is 19.7 Å². The molecule has 2 unspecified atom stereocenters. The van der Waals surface area contributed by atoms with Crippen LogP contribution in [0.25, 0.3) is 0 Å². The van der Waals surface area contributed by atoms with Gasteiger partial charge in [0.15, 0.2) is 0 Å². The molecule has 0 heterocycles. The van der Waals surface area contributed by atoms with Crippen LogP contribution in [0.5, 0.6) is 11.5 Å². The van der Waals surface area contributed by atoms with Gasteiger partial charge in [0.2, 0.25) is 0 Å². The largest absolute Gasteiger partial charge is 0.494 e. The second kappa shape index (κ2) is 10.6. The molecule has 28 heavy (non-hydrogen) atoms. The summed E-state index contributed by atoms with van der Waals surface area (Å²) < 4.78 is 11.3. The van der Waals surface area contributed by atoms with E-state index in [1.807, 2.05) is 24.3 Å². The first-order chi connectivity index (χ1) is 13.3. The zero-order valence-corrected chi connectivity index (χ0v) is 19.5. The van der Waals surface area contributed by atoms with Crippen molar-refractivity contribution in [2.75, 3.05) is 23.9 Å². The van der Waals surface area contributed by atoms with Crippen LogP contribution in [0.3, 0.4) is 0 Å². The van der Waals surface area contributed by atoms with Gasteiger partial charge in [-0.1, -0.05) is 56.1 Å². The van der Waals surface area contributed by atoms with E-state index in [0.717, 1.165) is 35.0 Å². The maximum Gasteiger partial charge on any atom is 0.119 e. The van der Waals surface area contributed by atoms with Crippen molar-refractivity contribution in [1.29, 1.82) is 0 Å². The van der Waals surface area contributed by atoms with E-state index in [4.69, 9.17) is 9.47 Å². The second-order valence-corrected chi connectivity index (χ2v) is 8.56. The molecule has 6 heteroatoms. The van der Waals surface area contributed by atoms with Crippen LogP contribution in [-0.2, 0) is 11.2 Å². The highest BCUT2D eigenvalue weighted by atomic mass is 79.9. The van der Waals surface area contributed by atoms with Crippen LogP contribution in [-0.4, -0.2) is 34.1 Å². The Hall–Kier alpha value is -1.08. The number of ether oxygens (including phenoxy) is 2. The van der Waals surface area contributed by atoms with Gasteiger partial charge in [-0.2, -0.15) is 0 Å². The number of aliphatic hydroxyl groups is 2. The van der Waals surface area contributed by atoms with Gasteiger partial charge in [0.25, 0.3) is 0 Å². The molecule has 4 nitrogen and oxygen atoms in total. The molecule has 2 aromatic carbocycles. The second-order valence-electron chi connectivity index (χ2n) is 6.98. The predicted octanol–water partition coefficient (Wildman–Crippen LogP) is 5.13. The van der Waals surface area contributed by atoms with Gasteiger partial charge in [-0.15, -0.1) is 0 Å². The molecule has 0 aliphatic heterocycles. The van der Waals surface area contributed by atoms with E-state index in [1.165, 1.54) is 0 Å². The minimum atomic E-state index is -1.49. The summed E-state index contributed by atoms with van der Waals surface area (Å²) in [6.45, 7) is 4.49. The Morgan fingerprint density at radius 2 is 1.00 bits per heavy atom. The molecule has 2 aromatic rings. The molecule has 0 fully saturated rings. The number of halogens is 2. The van der Waals surface area contributed by atoms with Crippen LogP contribution in [0.2, 0.25) is 0 Å². The zero-order valence-electron chi connectivity index (χ0n) is 16.3. The van der Waals surface area contributed by atoms with Gasteiger partial charge in [-0.25, -0.2) is 0 Å². The molecule has 0 aromatic heterocycles. The summed E-state index contributed by atoms with van der Waals surface area (Å²) in [5.41, 5.74) is -1.75. The maximum atomic E-state index is 11.2. The molecule has 0 bridgehead atoms. The number of rotatable bonds is 11. The molecule has 2 atom stereocenters. The molecule has 0 saturated heterocycles. The summed E-state index contributed by atoms with van der Waals surface area (Å²) in [6, 6.07) is 14.4. The first-order valence-electron chi connectivity index (χ1n) is 9.36. The van der Waals surface area contributed by atoms with E-state index >= 15 is 0 Å². The first-order valence-corrected chi connectivity index (χ1v) is 11.6. The lowest BCUT2D eigenvalue weighted by Crippen LogP contribution is -2.45. The Kier molecular flexibility index (Phi) is 8.81. The molecule has 154 valence electrons. The molecule has 2 rings (SSSR count). The molecule has 0 radical (unpaired) electrons. The summed E-state index contributed by atoms with van der Waals surface area (Å²) in [6.07, 6.45) is 1.84. The summed E-state index contributed by atoms with van der Waals surface area (Å²) >= 11 is 6.75. The number of hydrogen-bond acceptors (Lipinski definition) is 4. The van der Waals surface area contributed by atoms with Crippen molar-refractivity contribution < 1.29 is 19.7 Å². The van der Waals surface area contributed by atoms with Gasteiger partial charge in [-0.05, 0) is 62.1 Å². The van der Waals surface area contributed by atoms with Crippen molar-refractivity contribution in [1.82, 2.24) is 0 Å². The highest BCUT2D eigenvalue weighted by molar-refractivity contribution is 9.09. The smallest absolute Gasteiger partial charge is 0.119 e. The Labute approximate surface area is 184 Å². The van der Waals surface area contributed by atoms with Crippen molar-refractivity contribution in [3.8, 4) is 11.5 Å². The van der Waals surface area contributed by atoms with Gasteiger partial charge in [0.05, 0.1) is 13.2 Å². The first kappa shape index (κ1) is 23.2. The third-order valence-electron chi connectivity index (χ3n) is 4.87. The van der Waals surface area contributed by atoms with E-state index in [-0.39, 0.29) is 0 Å². The van der Waals surface area contributed by atoms with Crippen LogP contribution < -0.4 is 9.47 Å². The van der Waals surface area contributed by atoms with Crippen molar-refractivity contribution in [3.63, 3.8) is 0 Å². The third-order valence-corrected chi connectivity index (χ3v) is 6.00. The summed E-state index contributed by atoms with van der Waals surface area (Å²) in [7, 11) is 0. The average Bonchev–Trinajstić information content (AvgIpc) is 2.69. The normalized spacial score (nSPS) is 15.5. The number of hydrogen-bond donors (Lipinski definition) is 2. The SMILES string of the molecule is CC(O)(c1ccc(OCCCBr)cc1)C(C)(O)c1ccc(OCCCBr)cc1. The minimum absolute atomic E-state index is 0.614. The lowest BCUT2D eigenvalue weighted by atomic mass is 9.76. The zero-order chi connectivity index (χ0) is 20.6. The number of alkyl halides is 2. The van der Waals surface area contributed by atoms with Crippen LogP contribution in [0, 0.1) is 0 Å². The third kappa shape index (κ3) is 5.72. The fourth-order valence-electron chi connectivity index (χ4n) is 2.80. The standard InChI is InChI=1S/C22H28Br2O4/c1-21(25,17-5-9-19(10-6-17)27-15-3-13-23)22(2,26)18-7-11-20(12-8-18)28-16-4-14-24/h5-12,25-26H,3-4,13-16H2,1-2H3. The fraction of sp³-hybridized carbons (Fsp3) is 0.455. The van der Waals surface area contributed by atoms with E-state index in [9.17, 15) is 10.2 Å². The Morgan fingerprint density at radius 3 is 1.29 bits per heavy atom. The molecule has 2 N–H and O–H groups in total. The molecule has 0 aliphatic rings. The van der Waals surface area contributed by atoms with Gasteiger partial charge in [0.1, 0.15) is 22.7 Å². The van der Waals surface area contributed by atoms with Crippen molar-refractivity contribution >= 4 is 31.9 Å². The lowest BCUT2D eigenvalue weighted by molar-refractivity contribution is -0.143. The molecule has 0 aliphatic carbocycles. The minimum Gasteiger partial charge on any atom is -0.494 e. The molecular formula is C22H28Br2O4. The topological polar surface area (TPSA) is 58.9 Å².